The summed E-state index contributed by atoms with van der Waals surface area (Å²) in [4.78, 5) is 0. The molecule has 0 aromatic rings. The zero-order chi connectivity index (χ0) is 10.4. The van der Waals surface area contributed by atoms with Crippen LogP contribution >= 0.6 is 0 Å². The lowest BCUT2D eigenvalue weighted by molar-refractivity contribution is 0.148. The Balaban J connectivity index is 2.11. The second-order valence-electron chi connectivity index (χ2n) is 4.56. The van der Waals surface area contributed by atoms with E-state index in [1.165, 1.54) is 5.57 Å². The number of hydrogen-bond acceptors (Lipinski definition) is 2. The number of nitrogens with one attached hydrogen (secondary N) is 1. The summed E-state index contributed by atoms with van der Waals surface area (Å²) in [5.41, 5.74) is 1.41. The maximum absolute atomic E-state index is 5.38. The number of hydrogen-bond donors (Lipinski definition) is 1. The summed E-state index contributed by atoms with van der Waals surface area (Å²) in [5, 5.41) is 3.49. The van der Waals surface area contributed by atoms with Crippen LogP contribution in [0.4, 0.5) is 0 Å². The van der Waals surface area contributed by atoms with E-state index in [4.69, 9.17) is 4.74 Å². The Morgan fingerprint density at radius 1 is 1.43 bits per heavy atom. The Morgan fingerprint density at radius 3 is 2.79 bits per heavy atom. The normalized spacial score (nSPS) is 19.6. The van der Waals surface area contributed by atoms with E-state index in [1.807, 2.05) is 0 Å². The molecule has 0 saturated heterocycles. The van der Waals surface area contributed by atoms with Crippen molar-refractivity contribution in [3.63, 3.8) is 0 Å². The van der Waals surface area contributed by atoms with Gasteiger partial charge in [-0.2, -0.15) is 0 Å². The highest BCUT2D eigenvalue weighted by atomic mass is 16.5. The van der Waals surface area contributed by atoms with Crippen molar-refractivity contribution in [3.05, 3.63) is 11.6 Å². The largest absolute Gasteiger partial charge is 0.377 e. The van der Waals surface area contributed by atoms with Crippen molar-refractivity contribution >= 4 is 0 Å². The minimum atomic E-state index is 0.750. The molecule has 82 valence electrons. The Kier molecular flexibility index (Phi) is 5.20. The van der Waals surface area contributed by atoms with Crippen molar-refractivity contribution < 1.29 is 4.74 Å². The van der Waals surface area contributed by atoms with Gasteiger partial charge in [0.25, 0.3) is 0 Å². The molecule has 0 aromatic carbocycles. The smallest absolute Gasteiger partial charge is 0.0689 e. The Hall–Kier alpha value is -0.340. The number of ether oxygens (including phenoxy) is 1. The SMILES string of the molecule is CC(C)C(C)CNCC1=CCCOC1. The van der Waals surface area contributed by atoms with E-state index in [0.717, 1.165) is 44.6 Å². The predicted octanol–water partition coefficient (Wildman–Crippen LogP) is 2.21. The van der Waals surface area contributed by atoms with Gasteiger partial charge < -0.3 is 10.1 Å². The maximum Gasteiger partial charge on any atom is 0.0689 e. The van der Waals surface area contributed by atoms with Crippen LogP contribution in [0.5, 0.6) is 0 Å². The van der Waals surface area contributed by atoms with Crippen molar-refractivity contribution in [2.24, 2.45) is 11.8 Å². The molecule has 0 bridgehead atoms. The van der Waals surface area contributed by atoms with Crippen molar-refractivity contribution in [3.8, 4) is 0 Å². The standard InChI is InChI=1S/C12H23NO/c1-10(2)11(3)7-13-8-12-5-4-6-14-9-12/h5,10-11,13H,4,6-9H2,1-3H3. The van der Waals surface area contributed by atoms with Crippen LogP contribution in [0.1, 0.15) is 27.2 Å². The summed E-state index contributed by atoms with van der Waals surface area (Å²) in [7, 11) is 0. The Bertz CT molecular complexity index is 187. The Labute approximate surface area is 87.7 Å². The summed E-state index contributed by atoms with van der Waals surface area (Å²) in [6, 6.07) is 0. The van der Waals surface area contributed by atoms with Gasteiger partial charge in [0.2, 0.25) is 0 Å². The molecule has 0 radical (unpaired) electrons. The van der Waals surface area contributed by atoms with Crippen LogP contribution in [0.2, 0.25) is 0 Å². The van der Waals surface area contributed by atoms with Gasteiger partial charge in [-0.1, -0.05) is 26.8 Å². The van der Waals surface area contributed by atoms with Gasteiger partial charge in [-0.25, -0.2) is 0 Å². The van der Waals surface area contributed by atoms with Crippen LogP contribution in [-0.2, 0) is 4.74 Å². The van der Waals surface area contributed by atoms with Gasteiger partial charge in [-0.05, 0) is 30.4 Å². The lowest BCUT2D eigenvalue weighted by atomic mass is 9.98. The van der Waals surface area contributed by atoms with Crippen molar-refractivity contribution in [2.75, 3.05) is 26.3 Å². The highest BCUT2D eigenvalue weighted by Crippen LogP contribution is 2.08. The molecule has 0 aliphatic carbocycles. The molecular formula is C12H23NO. The molecule has 1 aliphatic heterocycles. The molecule has 0 spiro atoms. The molecule has 2 heteroatoms. The summed E-state index contributed by atoms with van der Waals surface area (Å²) >= 11 is 0. The maximum atomic E-state index is 5.38. The van der Waals surface area contributed by atoms with E-state index in [9.17, 15) is 0 Å². The van der Waals surface area contributed by atoms with E-state index < -0.39 is 0 Å². The van der Waals surface area contributed by atoms with Crippen molar-refractivity contribution in [1.29, 1.82) is 0 Å². The van der Waals surface area contributed by atoms with E-state index >= 15 is 0 Å². The summed E-state index contributed by atoms with van der Waals surface area (Å²) in [5.74, 6) is 1.51. The molecular weight excluding hydrogens is 174 g/mol. The third-order valence-electron chi connectivity index (χ3n) is 2.94. The molecule has 1 atom stereocenters. The second-order valence-corrected chi connectivity index (χ2v) is 4.56. The van der Waals surface area contributed by atoms with E-state index in [2.05, 4.69) is 32.2 Å². The molecule has 1 aliphatic rings. The van der Waals surface area contributed by atoms with E-state index in [-0.39, 0.29) is 0 Å². The van der Waals surface area contributed by atoms with Crippen molar-refractivity contribution in [1.82, 2.24) is 5.32 Å². The van der Waals surface area contributed by atoms with Gasteiger partial charge in [-0.15, -0.1) is 0 Å². The third kappa shape index (κ3) is 4.25. The van der Waals surface area contributed by atoms with Crippen LogP contribution in [0.3, 0.4) is 0 Å². The molecule has 2 nitrogen and oxygen atoms in total. The van der Waals surface area contributed by atoms with E-state index in [0.29, 0.717) is 0 Å². The van der Waals surface area contributed by atoms with Crippen LogP contribution < -0.4 is 5.32 Å². The van der Waals surface area contributed by atoms with Crippen molar-refractivity contribution in [2.45, 2.75) is 27.2 Å². The minimum Gasteiger partial charge on any atom is -0.377 e. The quantitative estimate of drug-likeness (QED) is 0.682. The first kappa shape index (κ1) is 11.7. The first-order chi connectivity index (χ1) is 6.70. The highest BCUT2D eigenvalue weighted by molar-refractivity contribution is 5.06. The minimum absolute atomic E-state index is 0.750. The molecule has 1 heterocycles. The fourth-order valence-electron chi connectivity index (χ4n) is 1.43. The fourth-order valence-corrected chi connectivity index (χ4v) is 1.43. The van der Waals surface area contributed by atoms with Gasteiger partial charge in [0, 0.05) is 6.54 Å². The Morgan fingerprint density at radius 2 is 2.21 bits per heavy atom. The molecule has 0 amide bonds. The van der Waals surface area contributed by atoms with Crippen LogP contribution in [0.25, 0.3) is 0 Å². The molecule has 1 unspecified atom stereocenters. The van der Waals surface area contributed by atoms with Crippen LogP contribution in [0.15, 0.2) is 11.6 Å². The highest BCUT2D eigenvalue weighted by Gasteiger charge is 2.07. The fraction of sp³-hybridized carbons (Fsp3) is 0.833. The van der Waals surface area contributed by atoms with Gasteiger partial charge in [0.05, 0.1) is 13.2 Å². The molecule has 0 fully saturated rings. The van der Waals surface area contributed by atoms with Gasteiger partial charge in [0.15, 0.2) is 0 Å². The second kappa shape index (κ2) is 6.20. The lowest BCUT2D eigenvalue weighted by Crippen LogP contribution is -2.27. The molecule has 1 N–H and O–H groups in total. The summed E-state index contributed by atoms with van der Waals surface area (Å²) in [6.45, 7) is 10.7. The van der Waals surface area contributed by atoms with E-state index in [1.54, 1.807) is 0 Å². The third-order valence-corrected chi connectivity index (χ3v) is 2.94. The monoisotopic (exact) mass is 197 g/mol. The zero-order valence-corrected chi connectivity index (χ0v) is 9.68. The van der Waals surface area contributed by atoms with Crippen LogP contribution in [0, 0.1) is 11.8 Å². The topological polar surface area (TPSA) is 21.3 Å². The summed E-state index contributed by atoms with van der Waals surface area (Å²) in [6.07, 6.45) is 3.38. The first-order valence-corrected chi connectivity index (χ1v) is 5.66. The average molecular weight is 197 g/mol. The average Bonchev–Trinajstić information content (AvgIpc) is 2.19. The summed E-state index contributed by atoms with van der Waals surface area (Å²) < 4.78 is 5.38. The molecule has 0 saturated carbocycles. The first-order valence-electron chi connectivity index (χ1n) is 5.66. The molecule has 14 heavy (non-hydrogen) atoms. The lowest BCUT2D eigenvalue weighted by Gasteiger charge is -2.18. The predicted molar refractivity (Wildman–Crippen MR) is 60.4 cm³/mol. The zero-order valence-electron chi connectivity index (χ0n) is 9.68. The molecule has 0 aromatic heterocycles. The van der Waals surface area contributed by atoms with Gasteiger partial charge in [-0.3, -0.25) is 0 Å². The van der Waals surface area contributed by atoms with Gasteiger partial charge in [0.1, 0.15) is 0 Å². The van der Waals surface area contributed by atoms with Gasteiger partial charge >= 0.3 is 0 Å². The molecule has 1 rings (SSSR count). The number of rotatable bonds is 5. The van der Waals surface area contributed by atoms with Crippen LogP contribution in [-0.4, -0.2) is 26.3 Å².